The van der Waals surface area contributed by atoms with E-state index in [1.54, 1.807) is 6.07 Å². The lowest BCUT2D eigenvalue weighted by Gasteiger charge is -2.30. The lowest BCUT2D eigenvalue weighted by atomic mass is 9.83. The lowest BCUT2D eigenvalue weighted by molar-refractivity contribution is 0.318. The minimum atomic E-state index is -0.167. The molecule has 0 unspecified atom stereocenters. The first-order valence-corrected chi connectivity index (χ1v) is 7.70. The van der Waals surface area contributed by atoms with Crippen molar-refractivity contribution in [2.24, 2.45) is 5.92 Å². The van der Waals surface area contributed by atoms with Gasteiger partial charge in [0, 0.05) is 10.5 Å². The first-order valence-electron chi connectivity index (χ1n) is 6.91. The van der Waals surface area contributed by atoms with Crippen LogP contribution in [0.1, 0.15) is 45.4 Å². The largest absolute Gasteiger partial charge is 0.379 e. The van der Waals surface area contributed by atoms with Crippen molar-refractivity contribution in [3.63, 3.8) is 0 Å². The fourth-order valence-corrected chi connectivity index (χ4v) is 3.30. The molecule has 0 spiro atoms. The van der Waals surface area contributed by atoms with Gasteiger partial charge >= 0.3 is 0 Å². The molecule has 2 rings (SSSR count). The number of benzene rings is 1. The van der Waals surface area contributed by atoms with Crippen molar-refractivity contribution >= 4 is 21.6 Å². The van der Waals surface area contributed by atoms with E-state index >= 15 is 0 Å². The van der Waals surface area contributed by atoms with Gasteiger partial charge < -0.3 is 5.32 Å². The second-order valence-corrected chi connectivity index (χ2v) is 6.10. The third-order valence-corrected chi connectivity index (χ3v) is 4.52. The maximum Gasteiger partial charge on any atom is 0.147 e. The topological polar surface area (TPSA) is 12.0 Å². The van der Waals surface area contributed by atoms with Crippen LogP contribution in [-0.2, 0) is 0 Å². The maximum absolute atomic E-state index is 13.7. The molecule has 1 saturated carbocycles. The highest BCUT2D eigenvalue weighted by atomic mass is 79.9. The number of rotatable bonds is 4. The van der Waals surface area contributed by atoms with Gasteiger partial charge in [0.25, 0.3) is 0 Å². The van der Waals surface area contributed by atoms with Crippen LogP contribution in [0.3, 0.4) is 0 Å². The van der Waals surface area contributed by atoms with Gasteiger partial charge in [-0.05, 0) is 59.7 Å². The molecular weight excluding hydrogens is 293 g/mol. The molecule has 1 aliphatic carbocycles. The van der Waals surface area contributed by atoms with Crippen molar-refractivity contribution < 1.29 is 4.39 Å². The van der Waals surface area contributed by atoms with Crippen LogP contribution in [0.15, 0.2) is 22.7 Å². The van der Waals surface area contributed by atoms with Crippen LogP contribution in [-0.4, -0.2) is 6.04 Å². The summed E-state index contributed by atoms with van der Waals surface area (Å²) in [5.41, 5.74) is 0.622. The Morgan fingerprint density at radius 3 is 2.61 bits per heavy atom. The van der Waals surface area contributed by atoms with Gasteiger partial charge in [-0.3, -0.25) is 0 Å². The fourth-order valence-electron chi connectivity index (χ4n) is 2.84. The van der Waals surface area contributed by atoms with Gasteiger partial charge in [-0.1, -0.05) is 25.8 Å². The Labute approximate surface area is 117 Å². The van der Waals surface area contributed by atoms with Crippen molar-refractivity contribution in [3.8, 4) is 0 Å². The van der Waals surface area contributed by atoms with Gasteiger partial charge in [-0.2, -0.15) is 0 Å². The summed E-state index contributed by atoms with van der Waals surface area (Å²) >= 11 is 3.41. The van der Waals surface area contributed by atoms with E-state index in [0.717, 1.165) is 23.2 Å². The summed E-state index contributed by atoms with van der Waals surface area (Å²) in [7, 11) is 0. The van der Waals surface area contributed by atoms with Gasteiger partial charge in [0.2, 0.25) is 0 Å². The summed E-state index contributed by atoms with van der Waals surface area (Å²) in [6.45, 7) is 2.25. The molecule has 0 radical (unpaired) electrons. The molecule has 18 heavy (non-hydrogen) atoms. The second kappa shape index (κ2) is 6.55. The Hall–Kier alpha value is -0.570. The molecular formula is C15H21BrFN. The smallest absolute Gasteiger partial charge is 0.147 e. The van der Waals surface area contributed by atoms with E-state index in [-0.39, 0.29) is 5.82 Å². The number of hydrogen-bond donors (Lipinski definition) is 1. The Bertz CT molecular complexity index is 366. The van der Waals surface area contributed by atoms with Crippen LogP contribution in [0, 0.1) is 11.7 Å². The second-order valence-electron chi connectivity index (χ2n) is 5.25. The quantitative estimate of drug-likeness (QED) is 0.789. The monoisotopic (exact) mass is 313 g/mol. The van der Waals surface area contributed by atoms with Crippen molar-refractivity contribution in [1.82, 2.24) is 0 Å². The number of anilines is 1. The van der Waals surface area contributed by atoms with Crippen LogP contribution in [0.25, 0.3) is 0 Å². The van der Waals surface area contributed by atoms with Gasteiger partial charge in [0.1, 0.15) is 5.82 Å². The summed E-state index contributed by atoms with van der Waals surface area (Å²) in [6.07, 6.45) is 7.49. The third-order valence-electron chi connectivity index (χ3n) is 3.85. The zero-order valence-corrected chi connectivity index (χ0v) is 12.5. The van der Waals surface area contributed by atoms with Crippen LogP contribution in [0.4, 0.5) is 10.1 Å². The van der Waals surface area contributed by atoms with E-state index < -0.39 is 0 Å². The molecule has 1 fully saturated rings. The normalized spacial score (nSPS) is 23.9. The molecule has 100 valence electrons. The number of para-hydroxylation sites is 1. The van der Waals surface area contributed by atoms with Gasteiger partial charge in [0.05, 0.1) is 5.69 Å². The number of hydrogen-bond acceptors (Lipinski definition) is 1. The van der Waals surface area contributed by atoms with Crippen molar-refractivity contribution in [2.45, 2.75) is 51.5 Å². The predicted molar refractivity (Wildman–Crippen MR) is 78.4 cm³/mol. The summed E-state index contributed by atoms with van der Waals surface area (Å²) in [4.78, 5) is 0. The van der Waals surface area contributed by atoms with E-state index in [9.17, 15) is 4.39 Å². The first kappa shape index (κ1) is 13.9. The van der Waals surface area contributed by atoms with Crippen LogP contribution >= 0.6 is 15.9 Å². The van der Waals surface area contributed by atoms with Crippen molar-refractivity contribution in [3.05, 3.63) is 28.5 Å². The van der Waals surface area contributed by atoms with Crippen LogP contribution in [0.5, 0.6) is 0 Å². The third kappa shape index (κ3) is 3.47. The maximum atomic E-state index is 13.7. The zero-order chi connectivity index (χ0) is 13.0. The molecule has 0 aromatic heterocycles. The highest BCUT2D eigenvalue weighted by Gasteiger charge is 2.21. The highest BCUT2D eigenvalue weighted by Crippen LogP contribution is 2.32. The molecule has 0 atom stereocenters. The minimum absolute atomic E-state index is 0.167. The Balaban J connectivity index is 1.92. The first-order chi connectivity index (χ1) is 8.70. The molecule has 1 aromatic carbocycles. The molecule has 1 aliphatic rings. The number of halogens is 2. The Morgan fingerprint density at radius 1 is 1.28 bits per heavy atom. The van der Waals surface area contributed by atoms with E-state index in [1.165, 1.54) is 31.7 Å². The van der Waals surface area contributed by atoms with Crippen molar-refractivity contribution in [2.75, 3.05) is 5.32 Å². The average Bonchev–Trinajstić information content (AvgIpc) is 2.36. The molecule has 1 N–H and O–H groups in total. The molecule has 1 nitrogen and oxygen atoms in total. The average molecular weight is 314 g/mol. The fraction of sp³-hybridized carbons (Fsp3) is 0.600. The van der Waals surface area contributed by atoms with Crippen LogP contribution in [0.2, 0.25) is 0 Å². The molecule has 0 aliphatic heterocycles. The predicted octanol–water partition coefficient (Wildman–Crippen LogP) is 5.36. The van der Waals surface area contributed by atoms with Gasteiger partial charge in [-0.25, -0.2) is 4.39 Å². The van der Waals surface area contributed by atoms with E-state index in [4.69, 9.17) is 0 Å². The Morgan fingerprint density at radius 2 is 2.00 bits per heavy atom. The molecule has 0 amide bonds. The van der Waals surface area contributed by atoms with E-state index in [1.807, 2.05) is 6.07 Å². The minimum Gasteiger partial charge on any atom is -0.379 e. The van der Waals surface area contributed by atoms with Gasteiger partial charge in [-0.15, -0.1) is 0 Å². The zero-order valence-electron chi connectivity index (χ0n) is 10.9. The molecule has 0 bridgehead atoms. The Kier molecular flexibility index (Phi) is 5.04. The molecule has 3 heteroatoms. The number of nitrogens with one attached hydrogen (secondary N) is 1. The van der Waals surface area contributed by atoms with Gasteiger partial charge in [0.15, 0.2) is 0 Å². The summed E-state index contributed by atoms with van der Waals surface area (Å²) in [5, 5.41) is 3.36. The summed E-state index contributed by atoms with van der Waals surface area (Å²) < 4.78 is 14.5. The summed E-state index contributed by atoms with van der Waals surface area (Å²) in [5.74, 6) is 0.720. The summed E-state index contributed by atoms with van der Waals surface area (Å²) in [6, 6.07) is 5.54. The van der Waals surface area contributed by atoms with E-state index in [0.29, 0.717) is 11.7 Å². The molecule has 1 aromatic rings. The van der Waals surface area contributed by atoms with Crippen molar-refractivity contribution in [1.29, 1.82) is 0 Å². The SMILES string of the molecule is CCCC1CCC(Nc2c(F)cccc2Br)CC1. The standard InChI is InChI=1S/C15H21BrFN/c1-2-4-11-7-9-12(10-8-11)18-15-13(16)5-3-6-14(15)17/h3,5-6,11-12,18H,2,4,7-10H2,1H3. The highest BCUT2D eigenvalue weighted by molar-refractivity contribution is 9.10. The molecule has 0 heterocycles. The van der Waals surface area contributed by atoms with Crippen LogP contribution < -0.4 is 5.32 Å². The molecule has 0 saturated heterocycles. The lowest BCUT2D eigenvalue weighted by Crippen LogP contribution is -2.26. The van der Waals surface area contributed by atoms with E-state index in [2.05, 4.69) is 28.2 Å².